The highest BCUT2D eigenvalue weighted by Gasteiger charge is 2.16. The summed E-state index contributed by atoms with van der Waals surface area (Å²) in [6, 6.07) is 1.86. The molecule has 0 radical (unpaired) electrons. The van der Waals surface area contributed by atoms with Crippen LogP contribution < -0.4 is 0 Å². The standard InChI is InChI=1S/C12H17NO/c14-12(11-7-8-13-9-11)6-5-10-3-1-2-4-10/h7-10,13H,1-6H2. The quantitative estimate of drug-likeness (QED) is 0.728. The van der Waals surface area contributed by atoms with Crippen LogP contribution in [0.5, 0.6) is 0 Å². The van der Waals surface area contributed by atoms with E-state index in [0.29, 0.717) is 0 Å². The van der Waals surface area contributed by atoms with Crippen molar-refractivity contribution in [3.63, 3.8) is 0 Å². The summed E-state index contributed by atoms with van der Waals surface area (Å²) in [7, 11) is 0. The molecule has 2 nitrogen and oxygen atoms in total. The number of aromatic nitrogens is 1. The summed E-state index contributed by atoms with van der Waals surface area (Å²) in [5.41, 5.74) is 0.836. The highest BCUT2D eigenvalue weighted by atomic mass is 16.1. The van der Waals surface area contributed by atoms with Crippen molar-refractivity contribution < 1.29 is 4.79 Å². The van der Waals surface area contributed by atoms with Crippen molar-refractivity contribution >= 4 is 5.78 Å². The molecule has 1 heterocycles. The van der Waals surface area contributed by atoms with Gasteiger partial charge in [-0.1, -0.05) is 25.7 Å². The molecule has 1 fully saturated rings. The van der Waals surface area contributed by atoms with E-state index in [1.54, 1.807) is 6.20 Å². The summed E-state index contributed by atoms with van der Waals surface area (Å²) in [6.07, 6.45) is 10.8. The first-order valence-corrected chi connectivity index (χ1v) is 5.52. The largest absolute Gasteiger partial charge is 0.367 e. The van der Waals surface area contributed by atoms with E-state index in [1.165, 1.54) is 25.7 Å². The number of carbonyl (C=O) groups is 1. The lowest BCUT2D eigenvalue weighted by molar-refractivity contribution is 0.0974. The van der Waals surface area contributed by atoms with E-state index in [1.807, 2.05) is 12.3 Å². The Morgan fingerprint density at radius 1 is 1.43 bits per heavy atom. The van der Waals surface area contributed by atoms with E-state index in [9.17, 15) is 4.79 Å². The molecule has 0 amide bonds. The highest BCUT2D eigenvalue weighted by molar-refractivity contribution is 5.95. The van der Waals surface area contributed by atoms with Gasteiger partial charge in [0.2, 0.25) is 0 Å². The lowest BCUT2D eigenvalue weighted by Crippen LogP contribution is -2.01. The molecule has 2 rings (SSSR count). The smallest absolute Gasteiger partial charge is 0.164 e. The molecule has 1 saturated carbocycles. The summed E-state index contributed by atoms with van der Waals surface area (Å²) in [5, 5.41) is 0. The van der Waals surface area contributed by atoms with Gasteiger partial charge in [-0.15, -0.1) is 0 Å². The maximum absolute atomic E-state index is 11.6. The van der Waals surface area contributed by atoms with Crippen LogP contribution in [0.4, 0.5) is 0 Å². The molecule has 1 aliphatic rings. The van der Waals surface area contributed by atoms with Crippen LogP contribution in [0.2, 0.25) is 0 Å². The minimum absolute atomic E-state index is 0.290. The molecule has 1 N–H and O–H groups in total. The number of nitrogens with one attached hydrogen (secondary N) is 1. The zero-order valence-corrected chi connectivity index (χ0v) is 8.46. The number of rotatable bonds is 4. The van der Waals surface area contributed by atoms with Gasteiger partial charge in [-0.05, 0) is 18.4 Å². The molecule has 76 valence electrons. The average Bonchev–Trinajstić information content (AvgIpc) is 2.87. The minimum Gasteiger partial charge on any atom is -0.367 e. The monoisotopic (exact) mass is 191 g/mol. The Balaban J connectivity index is 1.78. The summed E-state index contributed by atoms with van der Waals surface area (Å²) < 4.78 is 0. The van der Waals surface area contributed by atoms with E-state index in [2.05, 4.69) is 4.98 Å². The van der Waals surface area contributed by atoms with Crippen LogP contribution in [-0.4, -0.2) is 10.8 Å². The van der Waals surface area contributed by atoms with Gasteiger partial charge in [0, 0.05) is 24.4 Å². The van der Waals surface area contributed by atoms with E-state index < -0.39 is 0 Å². The predicted molar refractivity (Wildman–Crippen MR) is 56.3 cm³/mol. The molecular weight excluding hydrogens is 174 g/mol. The molecular formula is C12H17NO. The maximum atomic E-state index is 11.6. The lowest BCUT2D eigenvalue weighted by atomic mass is 9.98. The van der Waals surface area contributed by atoms with E-state index in [0.717, 1.165) is 24.3 Å². The molecule has 14 heavy (non-hydrogen) atoms. The molecule has 0 unspecified atom stereocenters. The molecule has 0 saturated heterocycles. The topological polar surface area (TPSA) is 32.9 Å². The molecule has 2 heteroatoms. The van der Waals surface area contributed by atoms with Crippen molar-refractivity contribution in [2.45, 2.75) is 38.5 Å². The third kappa shape index (κ3) is 2.25. The van der Waals surface area contributed by atoms with Crippen LogP contribution in [0.3, 0.4) is 0 Å². The summed E-state index contributed by atoms with van der Waals surface area (Å²) in [4.78, 5) is 14.6. The number of H-pyrrole nitrogens is 1. The van der Waals surface area contributed by atoms with Crippen molar-refractivity contribution in [3.8, 4) is 0 Å². The van der Waals surface area contributed by atoms with Crippen molar-refractivity contribution in [1.82, 2.24) is 4.98 Å². The second-order valence-corrected chi connectivity index (χ2v) is 4.21. The Kier molecular flexibility index (Phi) is 3.02. The molecule has 0 bridgehead atoms. The third-order valence-corrected chi connectivity index (χ3v) is 3.17. The maximum Gasteiger partial charge on any atom is 0.164 e. The van der Waals surface area contributed by atoms with Crippen LogP contribution in [0.1, 0.15) is 48.9 Å². The average molecular weight is 191 g/mol. The second kappa shape index (κ2) is 4.45. The fraction of sp³-hybridized carbons (Fsp3) is 0.583. The highest BCUT2D eigenvalue weighted by Crippen LogP contribution is 2.28. The van der Waals surface area contributed by atoms with Gasteiger partial charge in [-0.3, -0.25) is 4.79 Å². The number of aromatic amines is 1. The zero-order valence-electron chi connectivity index (χ0n) is 8.46. The van der Waals surface area contributed by atoms with Crippen molar-refractivity contribution in [2.75, 3.05) is 0 Å². The van der Waals surface area contributed by atoms with Crippen molar-refractivity contribution in [1.29, 1.82) is 0 Å². The van der Waals surface area contributed by atoms with Crippen molar-refractivity contribution in [3.05, 3.63) is 24.0 Å². The van der Waals surface area contributed by atoms with Crippen LogP contribution in [0.15, 0.2) is 18.5 Å². The molecule has 0 aliphatic heterocycles. The van der Waals surface area contributed by atoms with Gasteiger partial charge in [0.25, 0.3) is 0 Å². The molecule has 0 spiro atoms. The Bertz CT molecular complexity index is 283. The number of ketones is 1. The van der Waals surface area contributed by atoms with Gasteiger partial charge in [0.15, 0.2) is 5.78 Å². The third-order valence-electron chi connectivity index (χ3n) is 3.17. The fourth-order valence-corrected chi connectivity index (χ4v) is 2.28. The molecule has 1 aliphatic carbocycles. The number of carbonyl (C=O) groups excluding carboxylic acids is 1. The fourth-order valence-electron chi connectivity index (χ4n) is 2.28. The normalized spacial score (nSPS) is 17.4. The van der Waals surface area contributed by atoms with E-state index >= 15 is 0 Å². The van der Waals surface area contributed by atoms with Gasteiger partial charge < -0.3 is 4.98 Å². The first-order valence-electron chi connectivity index (χ1n) is 5.52. The molecule has 0 atom stereocenters. The Morgan fingerprint density at radius 3 is 2.86 bits per heavy atom. The van der Waals surface area contributed by atoms with Gasteiger partial charge in [0.1, 0.15) is 0 Å². The van der Waals surface area contributed by atoms with Crippen LogP contribution >= 0.6 is 0 Å². The first-order chi connectivity index (χ1) is 6.86. The minimum atomic E-state index is 0.290. The SMILES string of the molecule is O=C(CCC1CCCC1)c1cc[nH]c1. The Labute approximate surface area is 84.7 Å². The molecule has 1 aromatic heterocycles. The van der Waals surface area contributed by atoms with Gasteiger partial charge in [0.05, 0.1) is 0 Å². The van der Waals surface area contributed by atoms with E-state index in [4.69, 9.17) is 0 Å². The zero-order chi connectivity index (χ0) is 9.80. The molecule has 0 aromatic carbocycles. The summed E-state index contributed by atoms with van der Waals surface area (Å²) >= 11 is 0. The van der Waals surface area contributed by atoms with Crippen molar-refractivity contribution in [2.24, 2.45) is 5.92 Å². The van der Waals surface area contributed by atoms with E-state index in [-0.39, 0.29) is 5.78 Å². The number of hydrogen-bond acceptors (Lipinski definition) is 1. The Morgan fingerprint density at radius 2 is 2.21 bits per heavy atom. The first kappa shape index (κ1) is 9.50. The van der Waals surface area contributed by atoms with Gasteiger partial charge in [-0.2, -0.15) is 0 Å². The summed E-state index contributed by atoms with van der Waals surface area (Å²) in [5.74, 6) is 1.11. The number of hydrogen-bond donors (Lipinski definition) is 1. The summed E-state index contributed by atoms with van der Waals surface area (Å²) in [6.45, 7) is 0. The molecule has 1 aromatic rings. The van der Waals surface area contributed by atoms with Crippen LogP contribution in [-0.2, 0) is 0 Å². The van der Waals surface area contributed by atoms with Gasteiger partial charge in [-0.25, -0.2) is 0 Å². The number of Topliss-reactive ketones (excluding diaryl/α,β-unsaturated/α-hetero) is 1. The van der Waals surface area contributed by atoms with Gasteiger partial charge >= 0.3 is 0 Å². The second-order valence-electron chi connectivity index (χ2n) is 4.21. The van der Waals surface area contributed by atoms with Crippen LogP contribution in [0, 0.1) is 5.92 Å². The van der Waals surface area contributed by atoms with Crippen LogP contribution in [0.25, 0.3) is 0 Å². The Hall–Kier alpha value is -1.05. The lowest BCUT2D eigenvalue weighted by Gasteiger charge is -2.06. The predicted octanol–water partition coefficient (Wildman–Crippen LogP) is 3.17.